The normalized spacial score (nSPS) is 15.5. The number of carbonyl (C=O) groups excluding carboxylic acids is 1. The van der Waals surface area contributed by atoms with Crippen LogP contribution in [0.4, 0.5) is 0 Å². The van der Waals surface area contributed by atoms with Gasteiger partial charge in [-0.3, -0.25) is 4.79 Å². The quantitative estimate of drug-likeness (QED) is 0.468. The summed E-state index contributed by atoms with van der Waals surface area (Å²) in [7, 11) is -3.61. The van der Waals surface area contributed by atoms with Crippen LogP contribution >= 0.6 is 0 Å². The van der Waals surface area contributed by atoms with E-state index >= 15 is 0 Å². The highest BCUT2D eigenvalue weighted by atomic mass is 32.2. The van der Waals surface area contributed by atoms with Gasteiger partial charge in [0.25, 0.3) is 0 Å². The number of ether oxygens (including phenoxy) is 3. The summed E-state index contributed by atoms with van der Waals surface area (Å²) >= 11 is 0. The zero-order valence-corrected chi connectivity index (χ0v) is 18.1. The molecule has 2 aromatic carbocycles. The molecule has 3 rings (SSSR count). The number of para-hydroxylation sites is 2. The van der Waals surface area contributed by atoms with Crippen molar-refractivity contribution in [2.45, 2.75) is 31.6 Å². The van der Waals surface area contributed by atoms with Crippen LogP contribution in [0.25, 0.3) is 0 Å². The summed E-state index contributed by atoms with van der Waals surface area (Å²) < 4.78 is 43.6. The molecule has 1 aliphatic heterocycles. The van der Waals surface area contributed by atoms with Crippen LogP contribution in [0.1, 0.15) is 26.7 Å². The average molecular weight is 434 g/mol. The zero-order valence-electron chi connectivity index (χ0n) is 17.2. The number of esters is 1. The SMILES string of the molecule is CCOc1ccc(S(=O)(=O)N2CCC(C(=O)Oc3ccccc3OCC)CC2)cc1. The third kappa shape index (κ3) is 5.12. The van der Waals surface area contributed by atoms with Crippen molar-refractivity contribution in [1.82, 2.24) is 4.31 Å². The van der Waals surface area contributed by atoms with Crippen LogP contribution in [0.2, 0.25) is 0 Å². The summed E-state index contributed by atoms with van der Waals surface area (Å²) in [6.07, 6.45) is 0.817. The number of nitrogens with zero attached hydrogens (tertiary/aromatic N) is 1. The average Bonchev–Trinajstić information content (AvgIpc) is 2.76. The van der Waals surface area contributed by atoms with Crippen molar-refractivity contribution in [1.29, 1.82) is 0 Å². The fourth-order valence-electron chi connectivity index (χ4n) is 3.36. The predicted molar refractivity (Wildman–Crippen MR) is 112 cm³/mol. The van der Waals surface area contributed by atoms with Gasteiger partial charge in [0.15, 0.2) is 11.5 Å². The van der Waals surface area contributed by atoms with Crippen LogP contribution in [0.15, 0.2) is 53.4 Å². The lowest BCUT2D eigenvalue weighted by molar-refractivity contribution is -0.140. The molecule has 1 aliphatic rings. The number of hydrogen-bond acceptors (Lipinski definition) is 6. The van der Waals surface area contributed by atoms with Crippen molar-refractivity contribution in [2.75, 3.05) is 26.3 Å². The van der Waals surface area contributed by atoms with Crippen LogP contribution in [0.3, 0.4) is 0 Å². The molecule has 1 fully saturated rings. The van der Waals surface area contributed by atoms with Crippen molar-refractivity contribution in [3.63, 3.8) is 0 Å². The molecule has 1 saturated heterocycles. The van der Waals surface area contributed by atoms with Crippen molar-refractivity contribution >= 4 is 16.0 Å². The first kappa shape index (κ1) is 22.1. The second kappa shape index (κ2) is 9.95. The Hall–Kier alpha value is -2.58. The number of benzene rings is 2. The molecule has 0 saturated carbocycles. The first-order valence-electron chi connectivity index (χ1n) is 10.1. The minimum Gasteiger partial charge on any atom is -0.494 e. The van der Waals surface area contributed by atoms with E-state index in [4.69, 9.17) is 14.2 Å². The van der Waals surface area contributed by atoms with Crippen LogP contribution in [-0.2, 0) is 14.8 Å². The largest absolute Gasteiger partial charge is 0.494 e. The monoisotopic (exact) mass is 433 g/mol. The van der Waals surface area contributed by atoms with Gasteiger partial charge in [-0.1, -0.05) is 12.1 Å². The van der Waals surface area contributed by atoms with Gasteiger partial charge in [0.2, 0.25) is 10.0 Å². The van der Waals surface area contributed by atoms with E-state index in [1.54, 1.807) is 42.5 Å². The summed E-state index contributed by atoms with van der Waals surface area (Å²) in [6, 6.07) is 13.4. The topological polar surface area (TPSA) is 82.1 Å². The van der Waals surface area contributed by atoms with E-state index in [9.17, 15) is 13.2 Å². The molecule has 0 aromatic heterocycles. The number of rotatable bonds is 8. The highest BCUT2D eigenvalue weighted by Crippen LogP contribution is 2.30. The van der Waals surface area contributed by atoms with Crippen molar-refractivity contribution in [2.24, 2.45) is 5.92 Å². The highest BCUT2D eigenvalue weighted by Gasteiger charge is 2.33. The molecule has 8 heteroatoms. The fourth-order valence-corrected chi connectivity index (χ4v) is 4.83. The maximum absolute atomic E-state index is 12.9. The van der Waals surface area contributed by atoms with Crippen molar-refractivity contribution in [3.05, 3.63) is 48.5 Å². The Labute approximate surface area is 177 Å². The molecule has 2 aromatic rings. The third-order valence-corrected chi connectivity index (χ3v) is 6.83. The molecule has 0 aliphatic carbocycles. The zero-order chi connectivity index (χ0) is 21.6. The number of carbonyl (C=O) groups is 1. The van der Waals surface area contributed by atoms with Crippen molar-refractivity contribution < 1.29 is 27.4 Å². The lowest BCUT2D eigenvalue weighted by Crippen LogP contribution is -2.41. The summed E-state index contributed by atoms with van der Waals surface area (Å²) in [5.41, 5.74) is 0. The van der Waals surface area contributed by atoms with Gasteiger partial charge >= 0.3 is 5.97 Å². The van der Waals surface area contributed by atoms with Gasteiger partial charge in [0.1, 0.15) is 5.75 Å². The first-order valence-corrected chi connectivity index (χ1v) is 11.6. The van der Waals surface area contributed by atoms with Crippen LogP contribution < -0.4 is 14.2 Å². The van der Waals surface area contributed by atoms with E-state index in [0.717, 1.165) is 0 Å². The van der Waals surface area contributed by atoms with Crippen LogP contribution in [0.5, 0.6) is 17.2 Å². The lowest BCUT2D eigenvalue weighted by Gasteiger charge is -2.30. The Morgan fingerprint density at radius 3 is 2.13 bits per heavy atom. The highest BCUT2D eigenvalue weighted by molar-refractivity contribution is 7.89. The summed E-state index contributed by atoms with van der Waals surface area (Å²) in [4.78, 5) is 12.8. The molecule has 30 heavy (non-hydrogen) atoms. The van der Waals surface area contributed by atoms with Gasteiger partial charge in [-0.15, -0.1) is 0 Å². The van der Waals surface area contributed by atoms with E-state index in [1.165, 1.54) is 4.31 Å². The maximum Gasteiger partial charge on any atom is 0.314 e. The van der Waals surface area contributed by atoms with E-state index < -0.39 is 10.0 Å². The Kier molecular flexibility index (Phi) is 7.33. The second-order valence-corrected chi connectivity index (χ2v) is 8.82. The molecule has 0 unspecified atom stereocenters. The van der Waals surface area contributed by atoms with Gasteiger partial charge in [-0.2, -0.15) is 4.31 Å². The second-order valence-electron chi connectivity index (χ2n) is 6.88. The summed E-state index contributed by atoms with van der Waals surface area (Å²) in [5, 5.41) is 0. The van der Waals surface area contributed by atoms with Crippen LogP contribution in [0, 0.1) is 5.92 Å². The van der Waals surface area contributed by atoms with E-state index in [0.29, 0.717) is 43.3 Å². The Bertz CT molecular complexity index is 950. The number of hydrogen-bond donors (Lipinski definition) is 0. The van der Waals surface area contributed by atoms with E-state index in [-0.39, 0.29) is 29.9 Å². The Morgan fingerprint density at radius 2 is 1.53 bits per heavy atom. The molecule has 0 spiro atoms. The minimum atomic E-state index is -3.61. The molecule has 1 heterocycles. The first-order chi connectivity index (χ1) is 14.5. The van der Waals surface area contributed by atoms with Gasteiger partial charge in [-0.25, -0.2) is 8.42 Å². The van der Waals surface area contributed by atoms with E-state index in [1.807, 2.05) is 19.9 Å². The van der Waals surface area contributed by atoms with E-state index in [2.05, 4.69) is 0 Å². The van der Waals surface area contributed by atoms with Gasteiger partial charge in [0.05, 0.1) is 24.0 Å². The smallest absolute Gasteiger partial charge is 0.314 e. The Balaban J connectivity index is 1.60. The summed E-state index contributed by atoms with van der Waals surface area (Å²) in [6.45, 7) is 5.25. The number of piperidine rings is 1. The molecule has 0 amide bonds. The fraction of sp³-hybridized carbons (Fsp3) is 0.409. The molecular formula is C22H27NO6S. The standard InChI is InChI=1S/C22H27NO6S/c1-3-27-18-9-11-19(12-10-18)30(25,26)23-15-13-17(14-16-23)22(24)29-21-8-6-5-7-20(21)28-4-2/h5-12,17H,3-4,13-16H2,1-2H3. The van der Waals surface area contributed by atoms with Gasteiger partial charge in [0, 0.05) is 13.1 Å². The predicted octanol–water partition coefficient (Wildman–Crippen LogP) is 3.49. The molecular weight excluding hydrogens is 406 g/mol. The molecule has 0 N–H and O–H groups in total. The Morgan fingerprint density at radius 1 is 0.933 bits per heavy atom. The molecule has 0 bridgehead atoms. The molecule has 7 nitrogen and oxygen atoms in total. The molecule has 0 radical (unpaired) electrons. The number of sulfonamides is 1. The molecule has 162 valence electrons. The third-order valence-electron chi connectivity index (χ3n) is 4.92. The summed E-state index contributed by atoms with van der Waals surface area (Å²) in [5.74, 6) is 0.814. The van der Waals surface area contributed by atoms with Crippen molar-refractivity contribution in [3.8, 4) is 17.2 Å². The minimum absolute atomic E-state index is 0.220. The maximum atomic E-state index is 12.9. The molecule has 0 atom stereocenters. The van der Waals surface area contributed by atoms with Gasteiger partial charge < -0.3 is 14.2 Å². The van der Waals surface area contributed by atoms with Crippen LogP contribution in [-0.4, -0.2) is 45.0 Å². The lowest BCUT2D eigenvalue weighted by atomic mass is 9.98. The van der Waals surface area contributed by atoms with Gasteiger partial charge in [-0.05, 0) is 63.1 Å².